The van der Waals surface area contributed by atoms with Crippen molar-refractivity contribution < 1.29 is 0 Å². The number of halogens is 1. The van der Waals surface area contributed by atoms with Crippen molar-refractivity contribution in [1.82, 2.24) is 4.90 Å². The fourth-order valence-electron chi connectivity index (χ4n) is 2.72. The highest BCUT2D eigenvalue weighted by Crippen LogP contribution is 2.27. The van der Waals surface area contributed by atoms with Crippen LogP contribution in [-0.4, -0.2) is 44.2 Å². The second-order valence-electron chi connectivity index (χ2n) is 5.79. The average Bonchev–Trinajstić information content (AvgIpc) is 2.65. The molecule has 1 aliphatic heterocycles. The lowest BCUT2D eigenvalue weighted by molar-refractivity contribution is 0.360. The van der Waals surface area contributed by atoms with Gasteiger partial charge in [-0.05, 0) is 50.6 Å². The summed E-state index contributed by atoms with van der Waals surface area (Å²) in [6, 6.07) is 6.45. The van der Waals surface area contributed by atoms with Crippen LogP contribution in [0, 0.1) is 0 Å². The predicted molar refractivity (Wildman–Crippen MR) is 87.7 cm³/mol. The number of likely N-dealkylation sites (N-methyl/N-ethyl adjacent to an activating group) is 1. The van der Waals surface area contributed by atoms with Crippen LogP contribution >= 0.6 is 11.6 Å². The Morgan fingerprint density at radius 2 is 2.05 bits per heavy atom. The first-order valence-corrected chi connectivity index (χ1v) is 7.95. The van der Waals surface area contributed by atoms with Crippen LogP contribution in [0.1, 0.15) is 25.3 Å². The smallest absolute Gasteiger partial charge is 0.0426 e. The van der Waals surface area contributed by atoms with Gasteiger partial charge in [0.05, 0.1) is 0 Å². The molecular weight excluding hydrogens is 270 g/mol. The molecule has 4 heteroatoms. The lowest BCUT2D eigenvalue weighted by Crippen LogP contribution is -2.30. The molecular formula is C16H26ClN3. The molecule has 1 aromatic rings. The van der Waals surface area contributed by atoms with Crippen molar-refractivity contribution in [2.45, 2.75) is 32.2 Å². The number of benzene rings is 1. The average molecular weight is 296 g/mol. The van der Waals surface area contributed by atoms with E-state index in [4.69, 9.17) is 17.3 Å². The highest BCUT2D eigenvalue weighted by molar-refractivity contribution is 6.30. The molecule has 2 N–H and O–H groups in total. The Morgan fingerprint density at radius 1 is 1.25 bits per heavy atom. The Balaban J connectivity index is 2.21. The number of rotatable bonds is 4. The van der Waals surface area contributed by atoms with Crippen LogP contribution in [0.2, 0.25) is 5.02 Å². The van der Waals surface area contributed by atoms with E-state index in [1.807, 2.05) is 6.07 Å². The molecule has 0 aromatic heterocycles. The Morgan fingerprint density at radius 3 is 2.80 bits per heavy atom. The van der Waals surface area contributed by atoms with Gasteiger partial charge in [-0.25, -0.2) is 0 Å². The maximum atomic E-state index is 6.21. The van der Waals surface area contributed by atoms with Gasteiger partial charge in [-0.15, -0.1) is 0 Å². The molecule has 1 heterocycles. The fourth-order valence-corrected chi connectivity index (χ4v) is 2.88. The molecule has 0 amide bonds. The van der Waals surface area contributed by atoms with Crippen molar-refractivity contribution in [1.29, 1.82) is 0 Å². The van der Waals surface area contributed by atoms with E-state index in [-0.39, 0.29) is 6.04 Å². The monoisotopic (exact) mass is 295 g/mol. The third-order valence-corrected chi connectivity index (χ3v) is 4.35. The van der Waals surface area contributed by atoms with Crippen LogP contribution < -0.4 is 10.6 Å². The zero-order chi connectivity index (χ0) is 14.5. The third-order valence-electron chi connectivity index (χ3n) is 4.11. The van der Waals surface area contributed by atoms with Crippen molar-refractivity contribution in [3.05, 3.63) is 28.8 Å². The molecule has 20 heavy (non-hydrogen) atoms. The first-order valence-electron chi connectivity index (χ1n) is 7.57. The first kappa shape index (κ1) is 15.6. The summed E-state index contributed by atoms with van der Waals surface area (Å²) in [7, 11) is 2.19. The standard InChI is InChI=1S/C16H26ClN3/c1-3-15(18)11-13-5-6-14(17)12-16(13)20-8-4-7-19(2)9-10-20/h5-6,12,15H,3-4,7-11,18H2,1-2H3. The third kappa shape index (κ3) is 4.11. The predicted octanol–water partition coefficient (Wildman–Crippen LogP) is 2.76. The van der Waals surface area contributed by atoms with Gasteiger partial charge in [0.15, 0.2) is 0 Å². The lowest BCUT2D eigenvalue weighted by Gasteiger charge is -2.26. The number of hydrogen-bond acceptors (Lipinski definition) is 3. The van der Waals surface area contributed by atoms with E-state index in [0.717, 1.165) is 37.5 Å². The molecule has 0 radical (unpaired) electrons. The van der Waals surface area contributed by atoms with E-state index in [0.29, 0.717) is 0 Å². The van der Waals surface area contributed by atoms with Crippen molar-refractivity contribution >= 4 is 17.3 Å². The summed E-state index contributed by atoms with van der Waals surface area (Å²) in [5.74, 6) is 0. The van der Waals surface area contributed by atoms with Gasteiger partial charge >= 0.3 is 0 Å². The molecule has 1 atom stereocenters. The molecule has 1 saturated heterocycles. The first-order chi connectivity index (χ1) is 9.60. The lowest BCUT2D eigenvalue weighted by atomic mass is 10.0. The molecule has 1 unspecified atom stereocenters. The second kappa shape index (κ2) is 7.30. The molecule has 2 rings (SSSR count). The van der Waals surface area contributed by atoms with E-state index in [1.54, 1.807) is 0 Å². The molecule has 1 fully saturated rings. The minimum atomic E-state index is 0.226. The number of nitrogens with zero attached hydrogens (tertiary/aromatic N) is 2. The van der Waals surface area contributed by atoms with Gasteiger partial charge in [-0.1, -0.05) is 24.6 Å². The minimum absolute atomic E-state index is 0.226. The number of anilines is 1. The summed E-state index contributed by atoms with van der Waals surface area (Å²) in [5.41, 5.74) is 8.74. The molecule has 0 aliphatic carbocycles. The van der Waals surface area contributed by atoms with Crippen molar-refractivity contribution in [2.24, 2.45) is 5.73 Å². The molecule has 3 nitrogen and oxygen atoms in total. The van der Waals surface area contributed by atoms with Gasteiger partial charge in [-0.3, -0.25) is 0 Å². The van der Waals surface area contributed by atoms with Gasteiger partial charge in [0.1, 0.15) is 0 Å². The largest absolute Gasteiger partial charge is 0.370 e. The zero-order valence-corrected chi connectivity index (χ0v) is 13.4. The highest BCUT2D eigenvalue weighted by Gasteiger charge is 2.17. The molecule has 112 valence electrons. The Hall–Kier alpha value is -0.770. The summed E-state index contributed by atoms with van der Waals surface area (Å²) < 4.78 is 0. The summed E-state index contributed by atoms with van der Waals surface area (Å²) in [6.45, 7) is 6.57. The highest BCUT2D eigenvalue weighted by atomic mass is 35.5. The maximum absolute atomic E-state index is 6.21. The fraction of sp³-hybridized carbons (Fsp3) is 0.625. The molecule has 0 saturated carbocycles. The Labute approximate surface area is 127 Å². The quantitative estimate of drug-likeness (QED) is 0.927. The second-order valence-corrected chi connectivity index (χ2v) is 6.23. The Kier molecular flexibility index (Phi) is 5.70. The number of hydrogen-bond donors (Lipinski definition) is 1. The van der Waals surface area contributed by atoms with E-state index >= 15 is 0 Å². The summed E-state index contributed by atoms with van der Waals surface area (Å²) in [6.07, 6.45) is 3.13. The van der Waals surface area contributed by atoms with Gasteiger partial charge in [-0.2, -0.15) is 0 Å². The zero-order valence-electron chi connectivity index (χ0n) is 12.6. The van der Waals surface area contributed by atoms with E-state index < -0.39 is 0 Å². The van der Waals surface area contributed by atoms with Crippen LogP contribution in [0.4, 0.5) is 5.69 Å². The summed E-state index contributed by atoms with van der Waals surface area (Å²) in [5, 5.41) is 0.812. The molecule has 0 spiro atoms. The molecule has 0 bridgehead atoms. The van der Waals surface area contributed by atoms with Crippen LogP contribution in [-0.2, 0) is 6.42 Å². The van der Waals surface area contributed by atoms with Crippen LogP contribution in [0.15, 0.2) is 18.2 Å². The topological polar surface area (TPSA) is 32.5 Å². The minimum Gasteiger partial charge on any atom is -0.370 e. The maximum Gasteiger partial charge on any atom is 0.0426 e. The SMILES string of the molecule is CCC(N)Cc1ccc(Cl)cc1N1CCCN(C)CC1. The van der Waals surface area contributed by atoms with Crippen LogP contribution in [0.5, 0.6) is 0 Å². The van der Waals surface area contributed by atoms with E-state index in [1.165, 1.54) is 24.2 Å². The van der Waals surface area contributed by atoms with Gasteiger partial charge in [0.25, 0.3) is 0 Å². The van der Waals surface area contributed by atoms with Crippen LogP contribution in [0.25, 0.3) is 0 Å². The molecule has 1 aliphatic rings. The van der Waals surface area contributed by atoms with Crippen molar-refractivity contribution in [3.63, 3.8) is 0 Å². The van der Waals surface area contributed by atoms with E-state index in [9.17, 15) is 0 Å². The summed E-state index contributed by atoms with van der Waals surface area (Å²) in [4.78, 5) is 4.86. The molecule has 1 aromatic carbocycles. The van der Waals surface area contributed by atoms with Crippen molar-refractivity contribution in [3.8, 4) is 0 Å². The normalized spacial score (nSPS) is 18.9. The van der Waals surface area contributed by atoms with Gasteiger partial charge in [0.2, 0.25) is 0 Å². The van der Waals surface area contributed by atoms with Gasteiger partial charge < -0.3 is 15.5 Å². The van der Waals surface area contributed by atoms with Crippen LogP contribution in [0.3, 0.4) is 0 Å². The number of nitrogens with two attached hydrogens (primary N) is 1. The van der Waals surface area contributed by atoms with E-state index in [2.05, 4.69) is 35.9 Å². The summed E-state index contributed by atoms with van der Waals surface area (Å²) >= 11 is 6.21. The van der Waals surface area contributed by atoms with Gasteiger partial charge in [0, 0.05) is 36.4 Å². The van der Waals surface area contributed by atoms with Crippen molar-refractivity contribution in [2.75, 3.05) is 38.1 Å². The Bertz CT molecular complexity index is 436.